The van der Waals surface area contributed by atoms with Gasteiger partial charge in [-0.05, 0) is 63.5 Å². The Morgan fingerprint density at radius 2 is 1.87 bits per heavy atom. The fourth-order valence-corrected chi connectivity index (χ4v) is 3.75. The first-order valence-corrected chi connectivity index (χ1v) is 10.8. The minimum atomic E-state index is -0.500. The Balaban J connectivity index is 1.82. The Hall–Kier alpha value is -3.08. The Kier molecular flexibility index (Phi) is 7.88. The van der Waals surface area contributed by atoms with Crippen molar-refractivity contribution >= 4 is 49.5 Å². The zero-order chi connectivity index (χ0) is 22.2. The van der Waals surface area contributed by atoms with Crippen molar-refractivity contribution in [1.29, 1.82) is 5.26 Å². The number of nitriles is 1. The van der Waals surface area contributed by atoms with Crippen LogP contribution in [-0.2, 0) is 11.4 Å². The number of nitrogens with zero attached hydrogens (tertiary/aromatic N) is 1. The molecular weight excluding hydrogens is 524 g/mol. The lowest BCUT2D eigenvalue weighted by atomic mass is 10.1. The van der Waals surface area contributed by atoms with E-state index in [9.17, 15) is 10.1 Å². The van der Waals surface area contributed by atoms with Crippen LogP contribution in [0, 0.1) is 11.3 Å². The average Bonchev–Trinajstić information content (AvgIpc) is 2.77. The predicted molar refractivity (Wildman–Crippen MR) is 128 cm³/mol. The van der Waals surface area contributed by atoms with Gasteiger partial charge in [-0.25, -0.2) is 0 Å². The van der Waals surface area contributed by atoms with E-state index in [0.29, 0.717) is 33.8 Å². The summed E-state index contributed by atoms with van der Waals surface area (Å²) < 4.78 is 12.9. The summed E-state index contributed by atoms with van der Waals surface area (Å²) in [6.07, 6.45) is 1.50. The monoisotopic (exact) mass is 540 g/mol. The number of carbonyl (C=O) groups excluding carboxylic acids is 1. The topological polar surface area (TPSA) is 71.3 Å². The Labute approximate surface area is 197 Å². The van der Waals surface area contributed by atoms with Crippen LogP contribution in [0.15, 0.2) is 81.2 Å². The third-order valence-electron chi connectivity index (χ3n) is 4.24. The fraction of sp³-hybridized carbons (Fsp3) is 0.0833. The molecule has 7 heteroatoms. The zero-order valence-corrected chi connectivity index (χ0v) is 19.7. The van der Waals surface area contributed by atoms with Crippen LogP contribution >= 0.6 is 31.9 Å². The third kappa shape index (κ3) is 6.20. The second-order valence-corrected chi connectivity index (χ2v) is 8.21. The molecule has 156 valence electrons. The molecule has 0 heterocycles. The molecule has 0 spiro atoms. The lowest BCUT2D eigenvalue weighted by Crippen LogP contribution is -2.13. The normalized spacial score (nSPS) is 10.8. The molecule has 0 aliphatic rings. The first-order valence-electron chi connectivity index (χ1n) is 9.23. The first kappa shape index (κ1) is 22.6. The summed E-state index contributed by atoms with van der Waals surface area (Å²) >= 11 is 6.86. The van der Waals surface area contributed by atoms with Crippen molar-refractivity contribution in [2.45, 2.75) is 6.61 Å². The summed E-state index contributed by atoms with van der Waals surface area (Å²) in [5.74, 6) is 0.530. The number of halogens is 2. The first-order chi connectivity index (χ1) is 15.0. The van der Waals surface area contributed by atoms with Gasteiger partial charge in [0.1, 0.15) is 18.2 Å². The summed E-state index contributed by atoms with van der Waals surface area (Å²) in [6, 6.07) is 22.4. The highest BCUT2D eigenvalue weighted by Crippen LogP contribution is 2.37. The summed E-state index contributed by atoms with van der Waals surface area (Å²) in [7, 11) is 1.54. The molecule has 0 saturated heterocycles. The van der Waals surface area contributed by atoms with E-state index in [1.165, 1.54) is 13.2 Å². The number of hydrogen-bond donors (Lipinski definition) is 1. The van der Waals surface area contributed by atoms with Gasteiger partial charge in [-0.3, -0.25) is 4.79 Å². The number of amides is 1. The van der Waals surface area contributed by atoms with Gasteiger partial charge < -0.3 is 14.8 Å². The number of nitrogens with one attached hydrogen (secondary N) is 1. The number of methoxy groups -OCH3 is 1. The largest absolute Gasteiger partial charge is 0.493 e. The van der Waals surface area contributed by atoms with E-state index in [2.05, 4.69) is 37.2 Å². The third-order valence-corrected chi connectivity index (χ3v) is 5.32. The van der Waals surface area contributed by atoms with Gasteiger partial charge in [-0.1, -0.05) is 52.3 Å². The quantitative estimate of drug-likeness (QED) is 0.279. The van der Waals surface area contributed by atoms with Crippen LogP contribution in [0.25, 0.3) is 6.08 Å². The van der Waals surface area contributed by atoms with E-state index in [-0.39, 0.29) is 5.57 Å². The molecular formula is C24H18Br2N2O3. The number of rotatable bonds is 7. The standard InChI is InChI=1S/C24H18Br2N2O3/c1-30-22-12-17(11-21(26)23(22)31-15-16-6-3-2-4-7-16)10-18(14-27)24(29)28-20-9-5-8-19(25)13-20/h2-13H,15H2,1H3,(H,28,29)/b18-10-. The number of benzene rings is 3. The molecule has 0 bridgehead atoms. The second kappa shape index (κ2) is 10.8. The lowest BCUT2D eigenvalue weighted by Gasteiger charge is -2.14. The highest BCUT2D eigenvalue weighted by Gasteiger charge is 2.14. The molecule has 31 heavy (non-hydrogen) atoms. The molecule has 0 atom stereocenters. The maximum atomic E-state index is 12.5. The van der Waals surface area contributed by atoms with Gasteiger partial charge in [0.05, 0.1) is 11.6 Å². The van der Waals surface area contributed by atoms with Gasteiger partial charge in [0.15, 0.2) is 11.5 Å². The van der Waals surface area contributed by atoms with E-state index < -0.39 is 5.91 Å². The summed E-state index contributed by atoms with van der Waals surface area (Å²) in [5.41, 5.74) is 2.20. The lowest BCUT2D eigenvalue weighted by molar-refractivity contribution is -0.112. The van der Waals surface area contributed by atoms with Gasteiger partial charge in [-0.15, -0.1) is 0 Å². The Morgan fingerprint density at radius 1 is 1.10 bits per heavy atom. The summed E-state index contributed by atoms with van der Waals surface area (Å²) in [5, 5.41) is 12.2. The van der Waals surface area contributed by atoms with Crippen LogP contribution in [0.4, 0.5) is 5.69 Å². The van der Waals surface area contributed by atoms with Crippen molar-refractivity contribution in [3.63, 3.8) is 0 Å². The van der Waals surface area contributed by atoms with Crippen molar-refractivity contribution < 1.29 is 14.3 Å². The van der Waals surface area contributed by atoms with Crippen molar-refractivity contribution in [1.82, 2.24) is 0 Å². The van der Waals surface area contributed by atoms with Crippen molar-refractivity contribution in [3.8, 4) is 17.6 Å². The van der Waals surface area contributed by atoms with E-state index >= 15 is 0 Å². The number of hydrogen-bond acceptors (Lipinski definition) is 4. The fourth-order valence-electron chi connectivity index (χ4n) is 2.77. The van der Waals surface area contributed by atoms with E-state index in [1.807, 2.05) is 42.5 Å². The van der Waals surface area contributed by atoms with Crippen molar-refractivity contribution in [3.05, 3.63) is 92.4 Å². The predicted octanol–water partition coefficient (Wildman–Crippen LogP) is 6.34. The highest BCUT2D eigenvalue weighted by molar-refractivity contribution is 9.10. The van der Waals surface area contributed by atoms with Gasteiger partial charge in [-0.2, -0.15) is 5.26 Å². The minimum Gasteiger partial charge on any atom is -0.493 e. The molecule has 3 rings (SSSR count). The summed E-state index contributed by atoms with van der Waals surface area (Å²) in [6.45, 7) is 0.378. The van der Waals surface area contributed by atoms with E-state index in [1.54, 1.807) is 30.3 Å². The molecule has 0 saturated carbocycles. The number of carbonyl (C=O) groups is 1. The van der Waals surface area contributed by atoms with E-state index in [0.717, 1.165) is 10.0 Å². The van der Waals surface area contributed by atoms with Gasteiger partial charge in [0.2, 0.25) is 0 Å². The molecule has 0 fully saturated rings. The molecule has 1 amide bonds. The van der Waals surface area contributed by atoms with E-state index in [4.69, 9.17) is 9.47 Å². The van der Waals surface area contributed by atoms with Crippen LogP contribution in [0.1, 0.15) is 11.1 Å². The van der Waals surface area contributed by atoms with Gasteiger partial charge in [0.25, 0.3) is 5.91 Å². The van der Waals surface area contributed by atoms with Crippen LogP contribution in [0.5, 0.6) is 11.5 Å². The molecule has 0 radical (unpaired) electrons. The number of anilines is 1. The zero-order valence-electron chi connectivity index (χ0n) is 16.6. The average molecular weight is 542 g/mol. The molecule has 3 aromatic rings. The molecule has 0 unspecified atom stereocenters. The molecule has 3 aromatic carbocycles. The maximum Gasteiger partial charge on any atom is 0.266 e. The van der Waals surface area contributed by atoms with Crippen LogP contribution < -0.4 is 14.8 Å². The maximum absolute atomic E-state index is 12.5. The molecule has 0 aromatic heterocycles. The second-order valence-electron chi connectivity index (χ2n) is 6.44. The van der Waals surface area contributed by atoms with Crippen LogP contribution in [0.2, 0.25) is 0 Å². The van der Waals surface area contributed by atoms with Crippen molar-refractivity contribution in [2.75, 3.05) is 12.4 Å². The summed E-state index contributed by atoms with van der Waals surface area (Å²) in [4.78, 5) is 12.5. The highest BCUT2D eigenvalue weighted by atomic mass is 79.9. The van der Waals surface area contributed by atoms with Crippen molar-refractivity contribution in [2.24, 2.45) is 0 Å². The Bertz CT molecular complexity index is 1160. The van der Waals surface area contributed by atoms with Crippen LogP contribution in [-0.4, -0.2) is 13.0 Å². The molecule has 0 aliphatic heterocycles. The minimum absolute atomic E-state index is 0.0353. The van der Waals surface area contributed by atoms with Gasteiger partial charge >= 0.3 is 0 Å². The van der Waals surface area contributed by atoms with Gasteiger partial charge in [0, 0.05) is 10.2 Å². The number of ether oxygens (including phenoxy) is 2. The molecule has 1 N–H and O–H groups in total. The SMILES string of the molecule is COc1cc(/C=C(/C#N)C(=O)Nc2cccc(Br)c2)cc(Br)c1OCc1ccccc1. The van der Waals surface area contributed by atoms with Crippen LogP contribution in [0.3, 0.4) is 0 Å². The molecule has 0 aliphatic carbocycles. The smallest absolute Gasteiger partial charge is 0.266 e. The molecule has 5 nitrogen and oxygen atoms in total. The Morgan fingerprint density at radius 3 is 2.55 bits per heavy atom.